The molecule has 0 aliphatic carbocycles. The lowest BCUT2D eigenvalue weighted by atomic mass is 10.2. The first-order valence-electron chi connectivity index (χ1n) is 12.8. The van der Waals surface area contributed by atoms with E-state index in [9.17, 15) is 9.59 Å². The Bertz CT molecular complexity index is 1960. The first-order valence-corrected chi connectivity index (χ1v) is 13.6. The van der Waals surface area contributed by atoms with Crippen molar-refractivity contribution in [2.45, 2.75) is 6.92 Å². The van der Waals surface area contributed by atoms with E-state index < -0.39 is 0 Å². The van der Waals surface area contributed by atoms with Crippen LogP contribution in [0.25, 0.3) is 33.5 Å². The zero-order valence-electron chi connectivity index (χ0n) is 21.9. The fourth-order valence-corrected chi connectivity index (χ4v) is 4.81. The number of rotatable bonds is 7. The number of hydrogen-bond donors (Lipinski definition) is 1. The number of nitrogens with one attached hydrogen (secondary N) is 1. The van der Waals surface area contributed by atoms with Crippen LogP contribution in [0.4, 0.5) is 5.69 Å². The maximum Gasteiger partial charge on any atom is 0.282 e. The summed E-state index contributed by atoms with van der Waals surface area (Å²) in [5, 5.41) is 8.65. The van der Waals surface area contributed by atoms with Crippen molar-refractivity contribution in [3.8, 4) is 17.3 Å². The molecule has 0 bridgehead atoms. The number of halogens is 1. The van der Waals surface area contributed by atoms with Crippen molar-refractivity contribution in [3.63, 3.8) is 0 Å². The van der Waals surface area contributed by atoms with E-state index in [0.717, 1.165) is 10.9 Å². The fourth-order valence-electron chi connectivity index (χ4n) is 4.30. The number of hydrogen-bond acceptors (Lipinski definition) is 6. The molecule has 202 valence electrons. The Morgan fingerprint density at radius 1 is 1.02 bits per heavy atom. The van der Waals surface area contributed by atoms with Gasteiger partial charge in [0.05, 0.1) is 21.6 Å². The predicted molar refractivity (Wildman–Crippen MR) is 164 cm³/mol. The molecule has 0 spiro atoms. The van der Waals surface area contributed by atoms with Crippen molar-refractivity contribution in [2.24, 2.45) is 5.10 Å². The number of carbonyl (C=O) groups excluding carboxylic acids is 1. The molecule has 1 N–H and O–H groups in total. The van der Waals surface area contributed by atoms with Crippen LogP contribution in [0.5, 0.6) is 5.75 Å². The topological polar surface area (TPSA) is 98.7 Å². The van der Waals surface area contributed by atoms with Crippen LogP contribution in [0.3, 0.4) is 0 Å². The monoisotopic (exact) mass is 606 g/mol. The number of ether oxygens (including phenoxy) is 1. The molecule has 0 saturated carbocycles. The summed E-state index contributed by atoms with van der Waals surface area (Å²) in [5.41, 5.74) is 3.43. The Hall–Kier alpha value is -5.02. The Morgan fingerprint density at radius 2 is 1.80 bits per heavy atom. The van der Waals surface area contributed by atoms with Crippen LogP contribution in [-0.4, -0.2) is 28.4 Å². The van der Waals surface area contributed by atoms with Gasteiger partial charge < -0.3 is 14.5 Å². The summed E-state index contributed by atoms with van der Waals surface area (Å²) < 4.78 is 13.6. The number of carbonyl (C=O) groups is 1. The van der Waals surface area contributed by atoms with E-state index in [2.05, 4.69) is 26.3 Å². The van der Waals surface area contributed by atoms with Crippen LogP contribution in [0.15, 0.2) is 116 Å². The lowest BCUT2D eigenvalue weighted by Gasteiger charge is -2.10. The van der Waals surface area contributed by atoms with Crippen molar-refractivity contribution in [1.82, 2.24) is 9.66 Å². The van der Waals surface area contributed by atoms with Crippen molar-refractivity contribution in [1.29, 1.82) is 0 Å². The average molecular weight is 607 g/mol. The number of fused-ring (bicyclic) bond motifs is 2. The lowest BCUT2D eigenvalue weighted by molar-refractivity contribution is -0.118. The van der Waals surface area contributed by atoms with Crippen LogP contribution in [0, 0.1) is 6.92 Å². The van der Waals surface area contributed by atoms with Gasteiger partial charge in [-0.2, -0.15) is 9.78 Å². The second-order valence-electron chi connectivity index (χ2n) is 9.36. The molecule has 6 aromatic rings. The van der Waals surface area contributed by atoms with Gasteiger partial charge in [0, 0.05) is 11.1 Å². The average Bonchev–Trinajstić information content (AvgIpc) is 3.42. The molecule has 8 nitrogen and oxygen atoms in total. The van der Waals surface area contributed by atoms with E-state index in [1.807, 2.05) is 67.6 Å². The molecule has 0 radical (unpaired) electrons. The third-order valence-electron chi connectivity index (χ3n) is 6.37. The number of aryl methyl sites for hydroxylation is 1. The van der Waals surface area contributed by atoms with Gasteiger partial charge in [-0.1, -0.05) is 48.0 Å². The number of aromatic nitrogens is 2. The molecule has 0 aliphatic rings. The molecule has 6 rings (SSSR count). The van der Waals surface area contributed by atoms with Crippen LogP contribution in [0.2, 0.25) is 0 Å². The van der Waals surface area contributed by atoms with Gasteiger partial charge in [0.2, 0.25) is 5.82 Å². The third-order valence-corrected chi connectivity index (χ3v) is 6.99. The van der Waals surface area contributed by atoms with Crippen molar-refractivity contribution >= 4 is 55.6 Å². The largest absolute Gasteiger partial charge is 0.483 e. The second kappa shape index (κ2) is 11.2. The molecule has 0 unspecified atom stereocenters. The van der Waals surface area contributed by atoms with E-state index in [1.165, 1.54) is 4.68 Å². The van der Waals surface area contributed by atoms with Gasteiger partial charge in [0.1, 0.15) is 11.3 Å². The summed E-state index contributed by atoms with van der Waals surface area (Å²) in [6, 6.07) is 29.4. The third kappa shape index (κ3) is 5.66. The van der Waals surface area contributed by atoms with E-state index in [-0.39, 0.29) is 18.1 Å². The minimum Gasteiger partial charge on any atom is -0.483 e. The Morgan fingerprint density at radius 3 is 2.61 bits per heavy atom. The van der Waals surface area contributed by atoms with Crippen LogP contribution >= 0.6 is 15.9 Å². The highest BCUT2D eigenvalue weighted by Crippen LogP contribution is 2.28. The van der Waals surface area contributed by atoms with Gasteiger partial charge in [0.25, 0.3) is 11.5 Å². The standard InChI is InChI=1S/C32H23BrN4O4/c1-20-10-13-23(14-11-20)35-30(38)19-40-28-15-12-21(16-25(28)33)18-34-37-31(29-17-22-6-2-5-9-27(22)41-29)36-26-8-4-3-7-24(26)32(37)39/h2-18H,19H2,1H3,(H,35,38). The molecule has 9 heteroatoms. The minimum absolute atomic E-state index is 0.154. The summed E-state index contributed by atoms with van der Waals surface area (Å²) in [4.78, 5) is 30.5. The van der Waals surface area contributed by atoms with Crippen LogP contribution in [0.1, 0.15) is 11.1 Å². The van der Waals surface area contributed by atoms with Gasteiger partial charge >= 0.3 is 0 Å². The Labute approximate surface area is 243 Å². The number of nitrogens with zero attached hydrogens (tertiary/aromatic N) is 3. The Kier molecular flexibility index (Phi) is 7.18. The molecule has 0 saturated heterocycles. The van der Waals surface area contributed by atoms with Crippen LogP contribution in [-0.2, 0) is 4.79 Å². The molecule has 2 heterocycles. The van der Waals surface area contributed by atoms with Gasteiger partial charge in [-0.15, -0.1) is 0 Å². The maximum atomic E-state index is 13.5. The number of para-hydroxylation sites is 2. The normalized spacial score (nSPS) is 11.4. The highest BCUT2D eigenvalue weighted by molar-refractivity contribution is 9.10. The molecule has 0 atom stereocenters. The molecule has 2 aromatic heterocycles. The molecule has 41 heavy (non-hydrogen) atoms. The quantitative estimate of drug-likeness (QED) is 0.202. The lowest BCUT2D eigenvalue weighted by Crippen LogP contribution is -2.20. The fraction of sp³-hybridized carbons (Fsp3) is 0.0625. The second-order valence-corrected chi connectivity index (χ2v) is 10.2. The van der Waals surface area contributed by atoms with Gasteiger partial charge in [-0.25, -0.2) is 4.98 Å². The smallest absolute Gasteiger partial charge is 0.282 e. The first kappa shape index (κ1) is 26.2. The van der Waals surface area contributed by atoms with Gasteiger partial charge in [-0.3, -0.25) is 9.59 Å². The SMILES string of the molecule is Cc1ccc(NC(=O)COc2ccc(C=Nn3c(-c4cc5ccccc5o4)nc4ccccc4c3=O)cc2Br)cc1. The molecule has 0 aliphatic heterocycles. The zero-order chi connectivity index (χ0) is 28.3. The highest BCUT2D eigenvalue weighted by atomic mass is 79.9. The summed E-state index contributed by atoms with van der Waals surface area (Å²) in [6.45, 7) is 1.83. The molecule has 1 amide bonds. The first-order chi connectivity index (χ1) is 19.9. The van der Waals surface area contributed by atoms with E-state index in [1.54, 1.807) is 42.6 Å². The van der Waals surface area contributed by atoms with Gasteiger partial charge in [-0.05, 0) is 83.0 Å². The van der Waals surface area contributed by atoms with E-state index >= 15 is 0 Å². The summed E-state index contributed by atoms with van der Waals surface area (Å²) in [7, 11) is 0. The molecular weight excluding hydrogens is 584 g/mol. The number of benzene rings is 4. The van der Waals surface area contributed by atoms with Crippen molar-refractivity contribution < 1.29 is 13.9 Å². The highest BCUT2D eigenvalue weighted by Gasteiger charge is 2.16. The van der Waals surface area contributed by atoms with Gasteiger partial charge in [0.15, 0.2) is 12.4 Å². The molecule has 0 fully saturated rings. The Balaban J connectivity index is 1.25. The summed E-state index contributed by atoms with van der Waals surface area (Å²) in [6.07, 6.45) is 1.56. The number of amides is 1. The van der Waals surface area contributed by atoms with Crippen LogP contribution < -0.4 is 15.6 Å². The molecule has 4 aromatic carbocycles. The van der Waals surface area contributed by atoms with Crippen molar-refractivity contribution in [2.75, 3.05) is 11.9 Å². The van der Waals surface area contributed by atoms with Crippen molar-refractivity contribution in [3.05, 3.63) is 123 Å². The maximum absolute atomic E-state index is 13.5. The summed E-state index contributed by atoms with van der Waals surface area (Å²) in [5.74, 6) is 0.946. The predicted octanol–water partition coefficient (Wildman–Crippen LogP) is 6.78. The summed E-state index contributed by atoms with van der Waals surface area (Å²) >= 11 is 3.50. The zero-order valence-corrected chi connectivity index (χ0v) is 23.5. The molecular formula is C32H23BrN4O4. The van der Waals surface area contributed by atoms with E-state index in [0.29, 0.717) is 49.5 Å². The number of furan rings is 1. The minimum atomic E-state index is -0.319. The number of anilines is 1. The van der Waals surface area contributed by atoms with E-state index in [4.69, 9.17) is 14.1 Å².